The van der Waals surface area contributed by atoms with Crippen molar-refractivity contribution in [1.29, 1.82) is 0 Å². The smallest absolute Gasteiger partial charge is 0.227 e. The van der Waals surface area contributed by atoms with Crippen LogP contribution in [-0.4, -0.2) is 51.0 Å². The van der Waals surface area contributed by atoms with Gasteiger partial charge in [0.1, 0.15) is 0 Å². The van der Waals surface area contributed by atoms with Crippen LogP contribution in [0.25, 0.3) is 0 Å². The van der Waals surface area contributed by atoms with E-state index in [9.17, 15) is 9.59 Å². The predicted octanol–water partition coefficient (Wildman–Crippen LogP) is 2.46. The summed E-state index contributed by atoms with van der Waals surface area (Å²) in [5.41, 5.74) is 3.39. The largest absolute Gasteiger partial charge is 0.342 e. The number of likely N-dealkylation sites (tertiary alicyclic amines) is 1. The first-order valence-electron chi connectivity index (χ1n) is 10.3. The number of nitrogens with zero attached hydrogens (tertiary/aromatic N) is 4. The molecular formula is C22H28N4O2. The summed E-state index contributed by atoms with van der Waals surface area (Å²) < 4.78 is 2.04. The van der Waals surface area contributed by atoms with E-state index < -0.39 is 0 Å². The van der Waals surface area contributed by atoms with Gasteiger partial charge < -0.3 is 9.80 Å². The van der Waals surface area contributed by atoms with E-state index in [1.54, 1.807) is 0 Å². The number of amides is 2. The molecule has 6 nitrogen and oxygen atoms in total. The van der Waals surface area contributed by atoms with Gasteiger partial charge in [0, 0.05) is 32.5 Å². The molecule has 148 valence electrons. The van der Waals surface area contributed by atoms with Gasteiger partial charge in [-0.15, -0.1) is 0 Å². The van der Waals surface area contributed by atoms with E-state index in [0.29, 0.717) is 32.5 Å². The van der Waals surface area contributed by atoms with E-state index in [1.807, 2.05) is 32.7 Å². The first-order chi connectivity index (χ1) is 13.6. The second kappa shape index (κ2) is 8.17. The molecule has 28 heavy (non-hydrogen) atoms. The van der Waals surface area contributed by atoms with Crippen molar-refractivity contribution in [2.75, 3.05) is 19.6 Å². The third-order valence-corrected chi connectivity index (χ3v) is 5.73. The number of benzene rings is 1. The maximum absolute atomic E-state index is 13.1. The van der Waals surface area contributed by atoms with Gasteiger partial charge in [-0.3, -0.25) is 14.3 Å². The van der Waals surface area contributed by atoms with Gasteiger partial charge >= 0.3 is 0 Å². The highest BCUT2D eigenvalue weighted by atomic mass is 16.2. The highest BCUT2D eigenvalue weighted by Crippen LogP contribution is 2.23. The van der Waals surface area contributed by atoms with E-state index in [1.165, 1.54) is 5.56 Å². The zero-order chi connectivity index (χ0) is 19.5. The fourth-order valence-corrected chi connectivity index (χ4v) is 4.27. The molecule has 2 aliphatic rings. The average Bonchev–Trinajstić information content (AvgIpc) is 3.11. The summed E-state index contributed by atoms with van der Waals surface area (Å²) in [5, 5.41) is 4.72. The number of piperidine rings is 1. The zero-order valence-electron chi connectivity index (χ0n) is 16.5. The minimum atomic E-state index is -0.0671. The molecule has 2 aliphatic heterocycles. The lowest BCUT2D eigenvalue weighted by atomic mass is 9.95. The maximum atomic E-state index is 13.1. The first-order valence-corrected chi connectivity index (χ1v) is 10.3. The SMILES string of the molecule is CCCN1CC(C(=O)N2CCn3nc(Cc4ccccc4)cc3C2)CCC1=O. The van der Waals surface area contributed by atoms with E-state index in [0.717, 1.165) is 37.3 Å². The van der Waals surface area contributed by atoms with E-state index >= 15 is 0 Å². The second-order valence-electron chi connectivity index (χ2n) is 7.85. The summed E-state index contributed by atoms with van der Waals surface area (Å²) in [6.07, 6.45) is 2.90. The monoisotopic (exact) mass is 380 g/mol. The van der Waals surface area contributed by atoms with Crippen molar-refractivity contribution in [1.82, 2.24) is 19.6 Å². The highest BCUT2D eigenvalue weighted by molar-refractivity contribution is 5.84. The third kappa shape index (κ3) is 3.96. The number of hydrogen-bond donors (Lipinski definition) is 0. The lowest BCUT2D eigenvalue weighted by Gasteiger charge is -2.36. The summed E-state index contributed by atoms with van der Waals surface area (Å²) in [4.78, 5) is 28.9. The molecule has 0 saturated carbocycles. The Morgan fingerprint density at radius 1 is 1.21 bits per heavy atom. The van der Waals surface area contributed by atoms with Gasteiger partial charge in [-0.1, -0.05) is 37.3 Å². The fraction of sp³-hybridized carbons (Fsp3) is 0.500. The van der Waals surface area contributed by atoms with E-state index in [-0.39, 0.29) is 17.7 Å². The minimum Gasteiger partial charge on any atom is -0.342 e. The molecule has 4 rings (SSSR count). The molecule has 2 aromatic rings. The van der Waals surface area contributed by atoms with Gasteiger partial charge in [-0.25, -0.2) is 0 Å². The lowest BCUT2D eigenvalue weighted by molar-refractivity contribution is -0.144. The molecule has 6 heteroatoms. The summed E-state index contributed by atoms with van der Waals surface area (Å²) in [6.45, 7) is 5.42. The van der Waals surface area contributed by atoms with Crippen molar-refractivity contribution in [3.63, 3.8) is 0 Å². The van der Waals surface area contributed by atoms with Crippen LogP contribution in [0.5, 0.6) is 0 Å². The Bertz CT molecular complexity index is 845. The fourth-order valence-electron chi connectivity index (χ4n) is 4.27. The Labute approximate surface area is 166 Å². The second-order valence-corrected chi connectivity index (χ2v) is 7.85. The Morgan fingerprint density at radius 3 is 2.82 bits per heavy atom. The van der Waals surface area contributed by atoms with Crippen LogP contribution in [0.2, 0.25) is 0 Å². The van der Waals surface area contributed by atoms with Crippen molar-refractivity contribution >= 4 is 11.8 Å². The van der Waals surface area contributed by atoms with Crippen LogP contribution in [-0.2, 0) is 29.1 Å². The normalized spacial score (nSPS) is 19.6. The predicted molar refractivity (Wildman–Crippen MR) is 106 cm³/mol. The molecule has 0 N–H and O–H groups in total. The zero-order valence-corrected chi connectivity index (χ0v) is 16.5. The summed E-state index contributed by atoms with van der Waals surface area (Å²) >= 11 is 0. The number of carbonyl (C=O) groups is 2. The van der Waals surface area contributed by atoms with Crippen LogP contribution in [0.15, 0.2) is 36.4 Å². The quantitative estimate of drug-likeness (QED) is 0.801. The van der Waals surface area contributed by atoms with Crippen LogP contribution in [0, 0.1) is 5.92 Å². The summed E-state index contributed by atoms with van der Waals surface area (Å²) in [6, 6.07) is 12.5. The van der Waals surface area contributed by atoms with Crippen molar-refractivity contribution in [3.05, 3.63) is 53.3 Å². The average molecular weight is 380 g/mol. The third-order valence-electron chi connectivity index (χ3n) is 5.73. The van der Waals surface area contributed by atoms with Gasteiger partial charge in [0.15, 0.2) is 0 Å². The van der Waals surface area contributed by atoms with Gasteiger partial charge in [0.25, 0.3) is 0 Å². The molecule has 1 aromatic carbocycles. The first kappa shape index (κ1) is 18.7. The van der Waals surface area contributed by atoms with Gasteiger partial charge in [0.2, 0.25) is 11.8 Å². The van der Waals surface area contributed by atoms with E-state index in [2.05, 4.69) is 25.1 Å². The van der Waals surface area contributed by atoms with Gasteiger partial charge in [-0.2, -0.15) is 5.10 Å². The van der Waals surface area contributed by atoms with Crippen molar-refractivity contribution in [3.8, 4) is 0 Å². The van der Waals surface area contributed by atoms with Crippen LogP contribution in [0.4, 0.5) is 0 Å². The van der Waals surface area contributed by atoms with Crippen LogP contribution in [0.1, 0.15) is 43.1 Å². The van der Waals surface area contributed by atoms with Gasteiger partial charge in [0.05, 0.1) is 30.4 Å². The topological polar surface area (TPSA) is 58.4 Å². The van der Waals surface area contributed by atoms with Crippen LogP contribution in [0.3, 0.4) is 0 Å². The summed E-state index contributed by atoms with van der Waals surface area (Å²) in [7, 11) is 0. The van der Waals surface area contributed by atoms with Crippen molar-refractivity contribution < 1.29 is 9.59 Å². The molecule has 1 atom stereocenters. The maximum Gasteiger partial charge on any atom is 0.227 e. The van der Waals surface area contributed by atoms with Crippen molar-refractivity contribution in [2.45, 2.75) is 45.7 Å². The summed E-state index contributed by atoms with van der Waals surface area (Å²) in [5.74, 6) is 0.307. The minimum absolute atomic E-state index is 0.0671. The Morgan fingerprint density at radius 2 is 2.04 bits per heavy atom. The molecule has 2 amide bonds. The number of fused-ring (bicyclic) bond motifs is 1. The van der Waals surface area contributed by atoms with E-state index in [4.69, 9.17) is 5.10 Å². The molecule has 0 aliphatic carbocycles. The number of aromatic nitrogens is 2. The van der Waals surface area contributed by atoms with Crippen LogP contribution >= 0.6 is 0 Å². The highest BCUT2D eigenvalue weighted by Gasteiger charge is 2.33. The van der Waals surface area contributed by atoms with Gasteiger partial charge in [-0.05, 0) is 24.5 Å². The standard InChI is InChI=1S/C22H28N4O2/c1-2-10-24-15-18(8-9-21(24)27)22(28)25-11-12-26-20(16-25)14-19(23-26)13-17-6-4-3-5-7-17/h3-7,14,18H,2,8-13,15-16H2,1H3. The molecule has 1 fully saturated rings. The number of hydrogen-bond acceptors (Lipinski definition) is 3. The Balaban J connectivity index is 1.41. The Hall–Kier alpha value is -2.63. The molecule has 0 spiro atoms. The molecule has 3 heterocycles. The molecular weight excluding hydrogens is 352 g/mol. The van der Waals surface area contributed by atoms with Crippen molar-refractivity contribution in [2.24, 2.45) is 5.92 Å². The lowest BCUT2D eigenvalue weighted by Crippen LogP contribution is -2.48. The number of carbonyl (C=O) groups excluding carboxylic acids is 2. The molecule has 0 radical (unpaired) electrons. The Kier molecular flexibility index (Phi) is 5.46. The molecule has 0 bridgehead atoms. The molecule has 1 aromatic heterocycles. The molecule has 1 unspecified atom stereocenters. The van der Waals surface area contributed by atoms with Crippen LogP contribution < -0.4 is 0 Å². The molecule has 1 saturated heterocycles. The number of rotatable bonds is 5.